The van der Waals surface area contributed by atoms with Crippen LogP contribution in [0, 0.1) is 0 Å². The fourth-order valence-electron chi connectivity index (χ4n) is 1.85. The van der Waals surface area contributed by atoms with Crippen LogP contribution in [-0.4, -0.2) is 47.6 Å². The van der Waals surface area contributed by atoms with Crippen molar-refractivity contribution in [3.63, 3.8) is 0 Å². The van der Waals surface area contributed by atoms with Crippen LogP contribution in [0.25, 0.3) is 0 Å². The number of hydrogen-bond acceptors (Lipinski definition) is 3. The molecule has 0 aromatic carbocycles. The van der Waals surface area contributed by atoms with Crippen molar-refractivity contribution in [2.24, 2.45) is 0 Å². The number of carboxylic acid groups (broad SMARTS) is 1. The Morgan fingerprint density at radius 3 is 2.94 bits per heavy atom. The number of carbonyl (C=O) groups is 2. The van der Waals surface area contributed by atoms with Gasteiger partial charge in [-0.15, -0.1) is 0 Å². The van der Waals surface area contributed by atoms with Gasteiger partial charge >= 0.3 is 5.97 Å². The number of nitrogens with zero attached hydrogens (tertiary/aromatic N) is 1. The molecule has 1 aliphatic heterocycles. The Morgan fingerprint density at radius 1 is 1.56 bits per heavy atom. The molecular weight excluding hydrogens is 208 g/mol. The smallest absolute Gasteiger partial charge is 0.327 e. The van der Waals surface area contributed by atoms with Crippen LogP contribution < -0.4 is 5.32 Å². The Morgan fingerprint density at radius 2 is 2.31 bits per heavy atom. The van der Waals surface area contributed by atoms with Crippen molar-refractivity contribution in [3.05, 3.63) is 0 Å². The fraction of sp³-hybridized carbons (Fsp3) is 0.818. The fourth-order valence-corrected chi connectivity index (χ4v) is 1.85. The Bertz CT molecular complexity index is 256. The summed E-state index contributed by atoms with van der Waals surface area (Å²) in [5.74, 6) is -1.11. The van der Waals surface area contributed by atoms with E-state index in [1.807, 2.05) is 0 Å². The summed E-state index contributed by atoms with van der Waals surface area (Å²) in [5.41, 5.74) is 0. The maximum absolute atomic E-state index is 11.3. The zero-order valence-corrected chi connectivity index (χ0v) is 9.74. The molecular formula is C11H20N2O3. The van der Waals surface area contributed by atoms with Crippen LogP contribution in [0.5, 0.6) is 0 Å². The Hall–Kier alpha value is -1.10. The second-order valence-electron chi connectivity index (χ2n) is 4.22. The molecule has 0 aromatic rings. The molecule has 1 fully saturated rings. The monoisotopic (exact) mass is 228 g/mol. The predicted octanol–water partition coefficient (Wildman–Crippen LogP) is 0.452. The normalized spacial score (nSPS) is 22.6. The number of aliphatic carboxylic acids is 1. The second kappa shape index (κ2) is 6.48. The third-order valence-electron chi connectivity index (χ3n) is 2.81. The van der Waals surface area contributed by atoms with Gasteiger partial charge in [0.25, 0.3) is 0 Å². The highest BCUT2D eigenvalue weighted by Crippen LogP contribution is 2.05. The van der Waals surface area contributed by atoms with E-state index in [0.717, 1.165) is 25.8 Å². The molecule has 0 aromatic heterocycles. The van der Waals surface area contributed by atoms with Crippen molar-refractivity contribution in [3.8, 4) is 0 Å². The minimum Gasteiger partial charge on any atom is -0.480 e. The summed E-state index contributed by atoms with van der Waals surface area (Å²) < 4.78 is 0. The predicted molar refractivity (Wildman–Crippen MR) is 60.1 cm³/mol. The summed E-state index contributed by atoms with van der Waals surface area (Å²) in [4.78, 5) is 24.2. The van der Waals surface area contributed by atoms with Gasteiger partial charge in [-0.2, -0.15) is 0 Å². The molecule has 1 atom stereocenters. The minimum atomic E-state index is -0.948. The third-order valence-corrected chi connectivity index (χ3v) is 2.81. The van der Waals surface area contributed by atoms with Crippen molar-refractivity contribution < 1.29 is 14.7 Å². The molecule has 1 rings (SSSR count). The number of amides is 1. The molecule has 0 aliphatic carbocycles. The maximum atomic E-state index is 11.3. The van der Waals surface area contributed by atoms with E-state index in [1.54, 1.807) is 0 Å². The van der Waals surface area contributed by atoms with E-state index in [-0.39, 0.29) is 5.91 Å². The van der Waals surface area contributed by atoms with Crippen molar-refractivity contribution in [2.75, 3.05) is 19.6 Å². The van der Waals surface area contributed by atoms with Gasteiger partial charge in [0.2, 0.25) is 5.91 Å². The Balaban J connectivity index is 2.45. The molecule has 0 saturated carbocycles. The highest BCUT2D eigenvalue weighted by molar-refractivity contribution is 5.84. The molecule has 92 valence electrons. The summed E-state index contributed by atoms with van der Waals surface area (Å²) in [7, 11) is 0. The van der Waals surface area contributed by atoms with Gasteiger partial charge in [-0.1, -0.05) is 19.8 Å². The van der Waals surface area contributed by atoms with Crippen molar-refractivity contribution in [1.29, 1.82) is 0 Å². The van der Waals surface area contributed by atoms with Gasteiger partial charge in [-0.3, -0.25) is 4.79 Å². The van der Waals surface area contributed by atoms with Crippen LogP contribution in [0.2, 0.25) is 0 Å². The van der Waals surface area contributed by atoms with Gasteiger partial charge in [0.1, 0.15) is 6.04 Å². The first-order chi connectivity index (χ1) is 7.63. The maximum Gasteiger partial charge on any atom is 0.327 e. The van der Waals surface area contributed by atoms with Gasteiger partial charge in [0, 0.05) is 19.5 Å². The van der Waals surface area contributed by atoms with Crippen LogP contribution in [0.1, 0.15) is 32.6 Å². The first-order valence-electron chi connectivity index (χ1n) is 5.88. The summed E-state index contributed by atoms with van der Waals surface area (Å²) in [5, 5.41) is 11.4. The number of unbranched alkanes of at least 4 members (excludes halogenated alkanes) is 2. The molecule has 16 heavy (non-hydrogen) atoms. The largest absolute Gasteiger partial charge is 0.480 e. The van der Waals surface area contributed by atoms with Gasteiger partial charge in [0.15, 0.2) is 0 Å². The van der Waals surface area contributed by atoms with Crippen molar-refractivity contribution in [2.45, 2.75) is 38.6 Å². The van der Waals surface area contributed by atoms with Crippen molar-refractivity contribution >= 4 is 11.9 Å². The Labute approximate surface area is 95.8 Å². The number of hydrogen-bond donors (Lipinski definition) is 2. The van der Waals surface area contributed by atoms with Crippen LogP contribution in [-0.2, 0) is 9.59 Å². The molecule has 1 amide bonds. The van der Waals surface area contributed by atoms with E-state index in [0.29, 0.717) is 19.5 Å². The van der Waals surface area contributed by atoms with Crippen molar-refractivity contribution in [1.82, 2.24) is 10.2 Å². The quantitative estimate of drug-likeness (QED) is 0.670. The van der Waals surface area contributed by atoms with E-state index in [4.69, 9.17) is 5.11 Å². The molecule has 0 spiro atoms. The summed E-state index contributed by atoms with van der Waals surface area (Å²) in [6.45, 7) is 4.10. The molecule has 1 heterocycles. The zero-order chi connectivity index (χ0) is 12.0. The molecule has 2 N–H and O–H groups in total. The standard InChI is InChI=1S/C11H20N2O3/c1-2-3-4-6-13-7-5-10(14)12-9(8-13)11(15)16/h9H,2-8H2,1H3,(H,12,14)(H,15,16). The van der Waals surface area contributed by atoms with E-state index in [9.17, 15) is 9.59 Å². The molecule has 1 aliphatic rings. The van der Waals surface area contributed by atoms with Gasteiger partial charge in [0.05, 0.1) is 0 Å². The van der Waals surface area contributed by atoms with Crippen LogP contribution in [0.4, 0.5) is 0 Å². The summed E-state index contributed by atoms with van der Waals surface area (Å²) >= 11 is 0. The van der Waals surface area contributed by atoms with Gasteiger partial charge in [-0.05, 0) is 13.0 Å². The first kappa shape index (κ1) is 13.0. The summed E-state index contributed by atoms with van der Waals surface area (Å²) in [6, 6.07) is -0.753. The SMILES string of the molecule is CCCCCN1CCC(=O)NC(C(=O)O)C1. The third kappa shape index (κ3) is 4.18. The van der Waals surface area contributed by atoms with Gasteiger partial charge in [-0.25, -0.2) is 4.79 Å². The lowest BCUT2D eigenvalue weighted by atomic mass is 10.2. The van der Waals surface area contributed by atoms with E-state index < -0.39 is 12.0 Å². The van der Waals surface area contributed by atoms with E-state index in [2.05, 4.69) is 17.1 Å². The molecule has 1 saturated heterocycles. The molecule has 0 radical (unpaired) electrons. The first-order valence-corrected chi connectivity index (χ1v) is 5.88. The van der Waals surface area contributed by atoms with E-state index in [1.165, 1.54) is 0 Å². The number of carbonyl (C=O) groups excluding carboxylic acids is 1. The second-order valence-corrected chi connectivity index (χ2v) is 4.22. The molecule has 5 heteroatoms. The van der Waals surface area contributed by atoms with Crippen LogP contribution >= 0.6 is 0 Å². The average Bonchev–Trinajstić information content (AvgIpc) is 2.41. The zero-order valence-electron chi connectivity index (χ0n) is 9.74. The Kier molecular flexibility index (Phi) is 5.25. The average molecular weight is 228 g/mol. The molecule has 0 bridgehead atoms. The number of carboxylic acids is 1. The number of nitrogens with one attached hydrogen (secondary N) is 1. The summed E-state index contributed by atoms with van der Waals surface area (Å²) in [6.07, 6.45) is 3.76. The number of rotatable bonds is 5. The topological polar surface area (TPSA) is 69.6 Å². The lowest BCUT2D eigenvalue weighted by Gasteiger charge is -2.21. The van der Waals surface area contributed by atoms with Gasteiger partial charge < -0.3 is 15.3 Å². The lowest BCUT2D eigenvalue weighted by Crippen LogP contribution is -2.45. The molecule has 5 nitrogen and oxygen atoms in total. The minimum absolute atomic E-state index is 0.162. The highest BCUT2D eigenvalue weighted by Gasteiger charge is 2.26. The van der Waals surface area contributed by atoms with Crippen LogP contribution in [0.15, 0.2) is 0 Å². The molecule has 1 unspecified atom stereocenters. The van der Waals surface area contributed by atoms with E-state index >= 15 is 0 Å². The highest BCUT2D eigenvalue weighted by atomic mass is 16.4. The van der Waals surface area contributed by atoms with Crippen LogP contribution in [0.3, 0.4) is 0 Å². The lowest BCUT2D eigenvalue weighted by molar-refractivity contribution is -0.141.